The standard InChI is InChI=1S/C13H19NO2/c1-10-8-14-7-6-13(10)16-12-4-2-11(9-15)3-5-12/h6-8,11-12,15H,2-5,9H2,1H3. The Balaban J connectivity index is 1.89. The Bertz CT molecular complexity index is 332. The second kappa shape index (κ2) is 5.30. The molecule has 1 heterocycles. The first-order valence-electron chi connectivity index (χ1n) is 5.97. The monoisotopic (exact) mass is 221 g/mol. The number of aryl methyl sites for hydroxylation is 1. The highest BCUT2D eigenvalue weighted by atomic mass is 16.5. The molecule has 1 fully saturated rings. The lowest BCUT2D eigenvalue weighted by Crippen LogP contribution is -2.25. The zero-order valence-corrected chi connectivity index (χ0v) is 9.72. The number of nitrogens with zero attached hydrogens (tertiary/aromatic N) is 1. The molecule has 1 N–H and O–H groups in total. The molecule has 0 aliphatic heterocycles. The molecule has 88 valence electrons. The van der Waals surface area contributed by atoms with Crippen molar-refractivity contribution in [2.24, 2.45) is 5.92 Å². The number of aromatic nitrogens is 1. The summed E-state index contributed by atoms with van der Waals surface area (Å²) in [6.45, 7) is 2.34. The van der Waals surface area contributed by atoms with Gasteiger partial charge in [-0.3, -0.25) is 4.98 Å². The van der Waals surface area contributed by atoms with E-state index < -0.39 is 0 Å². The predicted molar refractivity (Wildman–Crippen MR) is 62.4 cm³/mol. The van der Waals surface area contributed by atoms with Crippen molar-refractivity contribution in [2.45, 2.75) is 38.7 Å². The van der Waals surface area contributed by atoms with Crippen LogP contribution < -0.4 is 4.74 Å². The number of pyridine rings is 1. The predicted octanol–water partition coefficient (Wildman–Crippen LogP) is 2.32. The molecule has 1 aromatic heterocycles. The maximum absolute atomic E-state index is 9.06. The van der Waals surface area contributed by atoms with E-state index in [1.165, 1.54) is 0 Å². The van der Waals surface area contributed by atoms with Crippen LogP contribution in [0.25, 0.3) is 0 Å². The normalized spacial score (nSPS) is 25.4. The van der Waals surface area contributed by atoms with Crippen molar-refractivity contribution >= 4 is 0 Å². The molecule has 3 nitrogen and oxygen atoms in total. The Hall–Kier alpha value is -1.09. The lowest BCUT2D eigenvalue weighted by Gasteiger charge is -2.28. The zero-order chi connectivity index (χ0) is 11.4. The van der Waals surface area contributed by atoms with E-state index >= 15 is 0 Å². The first-order chi connectivity index (χ1) is 7.79. The van der Waals surface area contributed by atoms with Crippen molar-refractivity contribution in [3.05, 3.63) is 24.0 Å². The van der Waals surface area contributed by atoms with Gasteiger partial charge in [0.1, 0.15) is 5.75 Å². The minimum Gasteiger partial charge on any atom is -0.490 e. The van der Waals surface area contributed by atoms with Crippen molar-refractivity contribution < 1.29 is 9.84 Å². The third-order valence-electron chi connectivity index (χ3n) is 3.31. The molecule has 1 aromatic rings. The topological polar surface area (TPSA) is 42.4 Å². The molecule has 1 saturated carbocycles. The van der Waals surface area contributed by atoms with Crippen LogP contribution in [0.4, 0.5) is 0 Å². The molecule has 0 saturated heterocycles. The highest BCUT2D eigenvalue weighted by molar-refractivity contribution is 5.28. The van der Waals surface area contributed by atoms with Crippen molar-refractivity contribution in [1.82, 2.24) is 4.98 Å². The summed E-state index contributed by atoms with van der Waals surface area (Å²) in [5, 5.41) is 9.06. The Morgan fingerprint density at radius 1 is 1.38 bits per heavy atom. The summed E-state index contributed by atoms with van der Waals surface area (Å²) in [6, 6.07) is 1.92. The van der Waals surface area contributed by atoms with E-state index in [1.807, 2.05) is 19.2 Å². The maximum atomic E-state index is 9.06. The molecule has 2 rings (SSSR count). The molecular weight excluding hydrogens is 202 g/mol. The lowest BCUT2D eigenvalue weighted by atomic mass is 9.88. The van der Waals surface area contributed by atoms with Crippen LogP contribution in [0, 0.1) is 12.8 Å². The third-order valence-corrected chi connectivity index (χ3v) is 3.31. The first kappa shape index (κ1) is 11.4. The Morgan fingerprint density at radius 3 is 2.75 bits per heavy atom. The Morgan fingerprint density at radius 2 is 2.12 bits per heavy atom. The zero-order valence-electron chi connectivity index (χ0n) is 9.72. The molecule has 3 heteroatoms. The molecule has 0 bridgehead atoms. The summed E-state index contributed by atoms with van der Waals surface area (Å²) in [5.74, 6) is 1.43. The van der Waals surface area contributed by atoms with Crippen molar-refractivity contribution in [1.29, 1.82) is 0 Å². The number of aliphatic hydroxyl groups excluding tert-OH is 1. The summed E-state index contributed by atoms with van der Waals surface area (Å²) >= 11 is 0. The second-order valence-electron chi connectivity index (χ2n) is 4.58. The van der Waals surface area contributed by atoms with Gasteiger partial charge >= 0.3 is 0 Å². The molecule has 1 aliphatic carbocycles. The van der Waals surface area contributed by atoms with Crippen LogP contribution in [-0.2, 0) is 0 Å². The molecule has 0 spiro atoms. The summed E-state index contributed by atoms with van der Waals surface area (Å²) in [4.78, 5) is 4.05. The fourth-order valence-corrected chi connectivity index (χ4v) is 2.20. The second-order valence-corrected chi connectivity index (χ2v) is 4.58. The van der Waals surface area contributed by atoms with E-state index in [9.17, 15) is 0 Å². The minimum absolute atomic E-state index is 0.309. The van der Waals surface area contributed by atoms with Crippen molar-refractivity contribution in [2.75, 3.05) is 6.61 Å². The third kappa shape index (κ3) is 2.73. The number of rotatable bonds is 3. The van der Waals surface area contributed by atoms with E-state index in [-0.39, 0.29) is 0 Å². The van der Waals surface area contributed by atoms with Crippen LogP contribution in [0.5, 0.6) is 5.75 Å². The Labute approximate surface area is 96.5 Å². The van der Waals surface area contributed by atoms with E-state index in [0.717, 1.165) is 37.0 Å². The van der Waals surface area contributed by atoms with Gasteiger partial charge in [0, 0.05) is 24.6 Å². The van der Waals surface area contributed by atoms with Gasteiger partial charge in [-0.25, -0.2) is 0 Å². The number of ether oxygens (including phenoxy) is 1. The number of hydrogen-bond acceptors (Lipinski definition) is 3. The van der Waals surface area contributed by atoms with Gasteiger partial charge in [0.15, 0.2) is 0 Å². The van der Waals surface area contributed by atoms with Crippen LogP contribution in [0.15, 0.2) is 18.5 Å². The minimum atomic E-state index is 0.309. The van der Waals surface area contributed by atoms with Gasteiger partial charge in [-0.05, 0) is 44.6 Å². The average molecular weight is 221 g/mol. The van der Waals surface area contributed by atoms with Gasteiger partial charge in [0.25, 0.3) is 0 Å². The Kier molecular flexibility index (Phi) is 3.78. The van der Waals surface area contributed by atoms with Crippen LogP contribution in [0.1, 0.15) is 31.2 Å². The fraction of sp³-hybridized carbons (Fsp3) is 0.615. The maximum Gasteiger partial charge on any atom is 0.125 e. The van der Waals surface area contributed by atoms with E-state index in [2.05, 4.69) is 4.98 Å². The van der Waals surface area contributed by atoms with Gasteiger partial charge in [0.2, 0.25) is 0 Å². The van der Waals surface area contributed by atoms with Crippen LogP contribution >= 0.6 is 0 Å². The smallest absolute Gasteiger partial charge is 0.125 e. The summed E-state index contributed by atoms with van der Waals surface area (Å²) in [5.41, 5.74) is 1.09. The van der Waals surface area contributed by atoms with Gasteiger partial charge in [-0.15, -0.1) is 0 Å². The fourth-order valence-electron chi connectivity index (χ4n) is 2.20. The van der Waals surface area contributed by atoms with Crippen molar-refractivity contribution in [3.63, 3.8) is 0 Å². The number of hydrogen-bond donors (Lipinski definition) is 1. The molecule has 0 amide bonds. The molecular formula is C13H19NO2. The molecule has 0 unspecified atom stereocenters. The lowest BCUT2D eigenvalue weighted by molar-refractivity contribution is 0.103. The van der Waals surface area contributed by atoms with Crippen LogP contribution in [0.2, 0.25) is 0 Å². The highest BCUT2D eigenvalue weighted by Crippen LogP contribution is 2.28. The molecule has 0 radical (unpaired) electrons. The summed E-state index contributed by atoms with van der Waals surface area (Å²) < 4.78 is 5.96. The molecule has 0 aromatic carbocycles. The van der Waals surface area contributed by atoms with E-state index in [0.29, 0.717) is 18.6 Å². The van der Waals surface area contributed by atoms with Crippen LogP contribution in [0.3, 0.4) is 0 Å². The SMILES string of the molecule is Cc1cnccc1OC1CCC(CO)CC1. The number of aliphatic hydroxyl groups is 1. The van der Waals surface area contributed by atoms with Gasteiger partial charge < -0.3 is 9.84 Å². The van der Waals surface area contributed by atoms with Gasteiger partial charge in [-0.1, -0.05) is 0 Å². The first-order valence-corrected chi connectivity index (χ1v) is 5.97. The molecule has 1 aliphatic rings. The van der Waals surface area contributed by atoms with Crippen molar-refractivity contribution in [3.8, 4) is 5.75 Å². The van der Waals surface area contributed by atoms with Gasteiger partial charge in [0.05, 0.1) is 6.10 Å². The quantitative estimate of drug-likeness (QED) is 0.851. The molecule has 0 atom stereocenters. The summed E-state index contributed by atoms with van der Waals surface area (Å²) in [7, 11) is 0. The summed E-state index contributed by atoms with van der Waals surface area (Å²) in [6.07, 6.45) is 8.15. The van der Waals surface area contributed by atoms with Gasteiger partial charge in [-0.2, -0.15) is 0 Å². The largest absolute Gasteiger partial charge is 0.490 e. The van der Waals surface area contributed by atoms with E-state index in [1.54, 1.807) is 6.20 Å². The van der Waals surface area contributed by atoms with Crippen LogP contribution in [-0.4, -0.2) is 22.8 Å². The average Bonchev–Trinajstić information content (AvgIpc) is 2.33. The highest BCUT2D eigenvalue weighted by Gasteiger charge is 2.22. The van der Waals surface area contributed by atoms with E-state index in [4.69, 9.17) is 9.84 Å². The molecule has 16 heavy (non-hydrogen) atoms.